The highest BCUT2D eigenvalue weighted by molar-refractivity contribution is 6.30. The van der Waals surface area contributed by atoms with E-state index in [2.05, 4.69) is 10.2 Å². The predicted molar refractivity (Wildman–Crippen MR) is 91.3 cm³/mol. The van der Waals surface area contributed by atoms with Crippen LogP contribution in [0, 0.1) is 5.82 Å². The van der Waals surface area contributed by atoms with E-state index < -0.39 is 5.82 Å². The lowest BCUT2D eigenvalue weighted by Crippen LogP contribution is -2.22. The zero-order valence-electron chi connectivity index (χ0n) is 12.4. The van der Waals surface area contributed by atoms with Crippen molar-refractivity contribution in [1.29, 1.82) is 0 Å². The monoisotopic (exact) mass is 333 g/mol. The van der Waals surface area contributed by atoms with Crippen molar-refractivity contribution < 1.29 is 9.18 Å². The van der Waals surface area contributed by atoms with Crippen LogP contribution in [-0.4, -0.2) is 13.0 Å². The van der Waals surface area contributed by atoms with E-state index >= 15 is 0 Å². The van der Waals surface area contributed by atoms with Gasteiger partial charge in [0.25, 0.3) is 0 Å². The number of nitrogens with zero attached hydrogens (tertiary/aromatic N) is 1. The lowest BCUT2D eigenvalue weighted by Gasteiger charge is -2.28. The SMILES string of the molecule is Nc1cc([C@H]2CCCN2c2ccc(Cl)c(F)c2)ccc1NC=O. The van der Waals surface area contributed by atoms with Crippen molar-refractivity contribution in [3.63, 3.8) is 0 Å². The fourth-order valence-electron chi connectivity index (χ4n) is 3.07. The van der Waals surface area contributed by atoms with E-state index in [0.717, 1.165) is 30.6 Å². The van der Waals surface area contributed by atoms with Crippen LogP contribution in [0.4, 0.5) is 21.5 Å². The molecule has 1 aliphatic rings. The summed E-state index contributed by atoms with van der Waals surface area (Å²) in [5.74, 6) is -0.417. The van der Waals surface area contributed by atoms with Gasteiger partial charge in [-0.3, -0.25) is 4.79 Å². The summed E-state index contributed by atoms with van der Waals surface area (Å²) in [5.41, 5.74) is 8.95. The van der Waals surface area contributed by atoms with Gasteiger partial charge in [0, 0.05) is 12.2 Å². The molecule has 1 atom stereocenters. The highest BCUT2D eigenvalue weighted by Crippen LogP contribution is 2.38. The Morgan fingerprint density at radius 3 is 2.83 bits per heavy atom. The van der Waals surface area contributed by atoms with Gasteiger partial charge >= 0.3 is 0 Å². The Bertz CT molecular complexity index is 738. The first-order valence-electron chi connectivity index (χ1n) is 7.41. The Morgan fingerprint density at radius 2 is 2.13 bits per heavy atom. The number of nitrogen functional groups attached to an aromatic ring is 1. The molecule has 3 rings (SSSR count). The minimum Gasteiger partial charge on any atom is -0.397 e. The van der Waals surface area contributed by atoms with E-state index in [4.69, 9.17) is 17.3 Å². The number of anilines is 3. The van der Waals surface area contributed by atoms with E-state index in [1.54, 1.807) is 12.1 Å². The molecule has 6 heteroatoms. The molecule has 3 N–H and O–H groups in total. The van der Waals surface area contributed by atoms with Gasteiger partial charge in [-0.15, -0.1) is 0 Å². The molecule has 0 saturated carbocycles. The van der Waals surface area contributed by atoms with Crippen LogP contribution in [-0.2, 0) is 4.79 Å². The molecular weight excluding hydrogens is 317 g/mol. The number of nitrogens with two attached hydrogens (primary N) is 1. The molecule has 0 radical (unpaired) electrons. The molecule has 120 valence electrons. The number of hydrogen-bond acceptors (Lipinski definition) is 3. The van der Waals surface area contributed by atoms with Crippen LogP contribution in [0.25, 0.3) is 0 Å². The lowest BCUT2D eigenvalue weighted by atomic mass is 10.0. The molecule has 0 unspecified atom stereocenters. The first-order chi connectivity index (χ1) is 11.1. The van der Waals surface area contributed by atoms with Crippen LogP contribution in [0.2, 0.25) is 5.02 Å². The second kappa shape index (κ2) is 6.46. The number of halogens is 2. The molecule has 2 aromatic rings. The standard InChI is InChI=1S/C17H17ClFN3O/c18-13-5-4-12(9-14(13)19)22-7-1-2-17(22)11-3-6-16(21-10-23)15(20)8-11/h3-6,8-10,17H,1-2,7,20H2,(H,21,23)/t17-/m1/s1. The largest absolute Gasteiger partial charge is 0.397 e. The van der Waals surface area contributed by atoms with Gasteiger partial charge in [-0.05, 0) is 48.7 Å². The highest BCUT2D eigenvalue weighted by atomic mass is 35.5. The number of hydrogen-bond donors (Lipinski definition) is 2. The number of carbonyl (C=O) groups excluding carboxylic acids is 1. The molecular formula is C17H17ClFN3O. The lowest BCUT2D eigenvalue weighted by molar-refractivity contribution is -0.105. The number of amides is 1. The number of benzene rings is 2. The molecule has 0 aliphatic carbocycles. The third kappa shape index (κ3) is 3.10. The Hall–Kier alpha value is -2.27. The number of nitrogens with one attached hydrogen (secondary N) is 1. The normalized spacial score (nSPS) is 17.3. The average molecular weight is 334 g/mol. The van der Waals surface area contributed by atoms with Gasteiger partial charge in [0.2, 0.25) is 6.41 Å². The minimum absolute atomic E-state index is 0.123. The molecule has 1 fully saturated rings. The molecule has 0 spiro atoms. The van der Waals surface area contributed by atoms with Crippen molar-refractivity contribution >= 4 is 35.1 Å². The fourth-order valence-corrected chi connectivity index (χ4v) is 3.19. The highest BCUT2D eigenvalue weighted by Gasteiger charge is 2.27. The van der Waals surface area contributed by atoms with Crippen molar-refractivity contribution in [3.05, 3.63) is 52.8 Å². The summed E-state index contributed by atoms with van der Waals surface area (Å²) in [7, 11) is 0. The first-order valence-corrected chi connectivity index (χ1v) is 7.79. The maximum atomic E-state index is 13.7. The minimum atomic E-state index is -0.417. The maximum Gasteiger partial charge on any atom is 0.211 e. The van der Waals surface area contributed by atoms with E-state index in [-0.39, 0.29) is 11.1 Å². The van der Waals surface area contributed by atoms with Crippen molar-refractivity contribution in [2.75, 3.05) is 22.5 Å². The second-order valence-electron chi connectivity index (χ2n) is 5.56. The van der Waals surface area contributed by atoms with Crippen LogP contribution in [0.1, 0.15) is 24.4 Å². The van der Waals surface area contributed by atoms with E-state index in [1.807, 2.05) is 18.2 Å². The molecule has 0 aromatic heterocycles. The third-order valence-electron chi connectivity index (χ3n) is 4.16. The number of carbonyl (C=O) groups is 1. The van der Waals surface area contributed by atoms with Crippen LogP contribution in [0.5, 0.6) is 0 Å². The van der Waals surface area contributed by atoms with Crippen LogP contribution in [0.15, 0.2) is 36.4 Å². The molecule has 1 heterocycles. The van der Waals surface area contributed by atoms with E-state index in [1.165, 1.54) is 6.07 Å². The Kier molecular flexibility index (Phi) is 4.39. The quantitative estimate of drug-likeness (QED) is 0.657. The molecule has 4 nitrogen and oxygen atoms in total. The summed E-state index contributed by atoms with van der Waals surface area (Å²) in [6.45, 7) is 0.847. The summed E-state index contributed by atoms with van der Waals surface area (Å²) >= 11 is 5.76. The van der Waals surface area contributed by atoms with Crippen molar-refractivity contribution in [2.45, 2.75) is 18.9 Å². The van der Waals surface area contributed by atoms with E-state index in [0.29, 0.717) is 17.8 Å². The van der Waals surface area contributed by atoms with Gasteiger partial charge in [-0.1, -0.05) is 17.7 Å². The Morgan fingerprint density at radius 1 is 1.30 bits per heavy atom. The molecule has 1 aliphatic heterocycles. The van der Waals surface area contributed by atoms with Gasteiger partial charge < -0.3 is 16.0 Å². The Labute approximate surface area is 139 Å². The fraction of sp³-hybridized carbons (Fsp3) is 0.235. The molecule has 1 amide bonds. The summed E-state index contributed by atoms with van der Waals surface area (Å²) in [6.07, 6.45) is 2.58. The zero-order valence-corrected chi connectivity index (χ0v) is 13.2. The van der Waals surface area contributed by atoms with Crippen LogP contribution >= 0.6 is 11.6 Å². The number of rotatable bonds is 4. The summed E-state index contributed by atoms with van der Waals surface area (Å²) in [6, 6.07) is 10.6. The Balaban J connectivity index is 1.90. The maximum absolute atomic E-state index is 13.7. The van der Waals surface area contributed by atoms with Gasteiger partial charge in [0.1, 0.15) is 5.82 Å². The molecule has 23 heavy (non-hydrogen) atoms. The van der Waals surface area contributed by atoms with Crippen molar-refractivity contribution in [2.24, 2.45) is 0 Å². The van der Waals surface area contributed by atoms with Gasteiger partial charge in [0.05, 0.1) is 22.4 Å². The van der Waals surface area contributed by atoms with Crippen LogP contribution < -0.4 is 16.0 Å². The van der Waals surface area contributed by atoms with Gasteiger partial charge in [0.15, 0.2) is 0 Å². The van der Waals surface area contributed by atoms with Gasteiger partial charge in [-0.2, -0.15) is 0 Å². The van der Waals surface area contributed by atoms with Gasteiger partial charge in [-0.25, -0.2) is 4.39 Å². The van der Waals surface area contributed by atoms with E-state index in [9.17, 15) is 9.18 Å². The predicted octanol–water partition coefficient (Wildman–Crippen LogP) is 3.97. The second-order valence-corrected chi connectivity index (χ2v) is 5.97. The first kappa shape index (κ1) is 15.6. The molecule has 0 bridgehead atoms. The molecule has 1 saturated heterocycles. The van der Waals surface area contributed by atoms with Crippen molar-refractivity contribution in [3.8, 4) is 0 Å². The molecule has 2 aromatic carbocycles. The summed E-state index contributed by atoms with van der Waals surface area (Å²) in [5, 5.41) is 2.69. The zero-order chi connectivity index (χ0) is 16.4. The smallest absolute Gasteiger partial charge is 0.211 e. The summed E-state index contributed by atoms with van der Waals surface area (Å²) in [4.78, 5) is 12.7. The third-order valence-corrected chi connectivity index (χ3v) is 4.47. The average Bonchev–Trinajstić information content (AvgIpc) is 3.02. The summed E-state index contributed by atoms with van der Waals surface area (Å²) < 4.78 is 13.7. The van der Waals surface area contributed by atoms with Crippen molar-refractivity contribution in [1.82, 2.24) is 0 Å². The topological polar surface area (TPSA) is 58.4 Å². The van der Waals surface area contributed by atoms with Crippen LogP contribution in [0.3, 0.4) is 0 Å².